The summed E-state index contributed by atoms with van der Waals surface area (Å²) in [7, 11) is 0. The van der Waals surface area contributed by atoms with Crippen LogP contribution >= 0.6 is 0 Å². The molecule has 0 unspecified atom stereocenters. The van der Waals surface area contributed by atoms with E-state index in [1.807, 2.05) is 36.4 Å². The summed E-state index contributed by atoms with van der Waals surface area (Å²) < 4.78 is 0. The minimum atomic E-state index is -0.357. The van der Waals surface area contributed by atoms with Crippen LogP contribution < -0.4 is 10.6 Å². The molecule has 0 atom stereocenters. The fourth-order valence-corrected chi connectivity index (χ4v) is 2.02. The molecule has 0 bridgehead atoms. The largest absolute Gasteiger partial charge is 0.348 e. The second-order valence-corrected chi connectivity index (χ2v) is 5.05. The lowest BCUT2D eigenvalue weighted by atomic mass is 10.2. The number of nitriles is 1. The van der Waals surface area contributed by atoms with Crippen molar-refractivity contribution < 1.29 is 9.59 Å². The normalized spacial score (nSPS) is 10.1. The number of rotatable bonds is 6. The van der Waals surface area contributed by atoms with Crippen LogP contribution in [-0.4, -0.2) is 11.8 Å². The van der Waals surface area contributed by atoms with Gasteiger partial charge in [0.15, 0.2) is 0 Å². The van der Waals surface area contributed by atoms with Gasteiger partial charge in [0.25, 0.3) is 0 Å². The van der Waals surface area contributed by atoms with Gasteiger partial charge in [-0.1, -0.05) is 42.5 Å². The van der Waals surface area contributed by atoms with Gasteiger partial charge in [-0.25, -0.2) is 0 Å². The van der Waals surface area contributed by atoms with E-state index in [0.29, 0.717) is 12.2 Å². The lowest BCUT2D eigenvalue weighted by Crippen LogP contribution is -2.20. The zero-order valence-corrected chi connectivity index (χ0v) is 13.0. The van der Waals surface area contributed by atoms with Gasteiger partial charge in [0.2, 0.25) is 11.8 Å². The smallest absolute Gasteiger partial charge is 0.244 e. The van der Waals surface area contributed by atoms with E-state index in [9.17, 15) is 9.59 Å². The molecule has 0 saturated heterocycles. The van der Waals surface area contributed by atoms with Gasteiger partial charge < -0.3 is 10.6 Å². The van der Waals surface area contributed by atoms with Gasteiger partial charge >= 0.3 is 0 Å². The SMILES string of the molecule is N#CCC(=O)Nc1cccc(CNC(=O)/C=C/c2ccccc2)c1. The molecule has 5 nitrogen and oxygen atoms in total. The molecule has 0 saturated carbocycles. The van der Waals surface area contributed by atoms with Crippen LogP contribution in [0.25, 0.3) is 6.08 Å². The average Bonchev–Trinajstić information content (AvgIpc) is 2.59. The third-order valence-electron chi connectivity index (χ3n) is 3.14. The minimum Gasteiger partial charge on any atom is -0.348 e. The standard InChI is InChI=1S/C19H17N3O2/c20-12-11-19(24)22-17-8-4-7-16(13-17)14-21-18(23)10-9-15-5-2-1-3-6-15/h1-10,13H,11,14H2,(H,21,23)(H,22,24)/b10-9+. The lowest BCUT2D eigenvalue weighted by molar-refractivity contribution is -0.117. The second kappa shape index (κ2) is 8.91. The van der Waals surface area contributed by atoms with Gasteiger partial charge in [0, 0.05) is 18.3 Å². The van der Waals surface area contributed by atoms with Crippen LogP contribution in [0.1, 0.15) is 17.5 Å². The third kappa shape index (κ3) is 5.78. The molecule has 2 aromatic rings. The summed E-state index contributed by atoms with van der Waals surface area (Å²) in [4.78, 5) is 23.2. The van der Waals surface area contributed by atoms with Crippen LogP contribution in [0.15, 0.2) is 60.7 Å². The summed E-state index contributed by atoms with van der Waals surface area (Å²) in [5, 5.41) is 13.9. The van der Waals surface area contributed by atoms with Crippen LogP contribution in [0.5, 0.6) is 0 Å². The van der Waals surface area contributed by atoms with E-state index in [-0.39, 0.29) is 18.2 Å². The summed E-state index contributed by atoms with van der Waals surface area (Å²) in [6.45, 7) is 0.347. The number of hydrogen-bond acceptors (Lipinski definition) is 3. The Morgan fingerprint density at radius 1 is 1.08 bits per heavy atom. The Morgan fingerprint density at radius 3 is 2.62 bits per heavy atom. The quantitative estimate of drug-likeness (QED) is 0.803. The number of amides is 2. The summed E-state index contributed by atoms with van der Waals surface area (Å²) in [5.41, 5.74) is 2.41. The highest BCUT2D eigenvalue weighted by Gasteiger charge is 2.03. The van der Waals surface area contributed by atoms with Gasteiger partial charge in [0.1, 0.15) is 6.42 Å². The highest BCUT2D eigenvalue weighted by molar-refractivity contribution is 5.92. The number of nitrogens with zero attached hydrogens (tertiary/aromatic N) is 1. The van der Waals surface area contributed by atoms with E-state index in [1.54, 1.807) is 30.3 Å². The zero-order chi connectivity index (χ0) is 17.2. The fraction of sp³-hybridized carbons (Fsp3) is 0.105. The molecule has 2 aromatic carbocycles. The predicted molar refractivity (Wildman–Crippen MR) is 92.6 cm³/mol. The highest BCUT2D eigenvalue weighted by Crippen LogP contribution is 2.11. The molecule has 24 heavy (non-hydrogen) atoms. The van der Waals surface area contributed by atoms with Crippen molar-refractivity contribution in [3.05, 3.63) is 71.8 Å². The van der Waals surface area contributed by atoms with Crippen molar-refractivity contribution in [2.75, 3.05) is 5.32 Å². The Kier molecular flexibility index (Phi) is 6.30. The summed E-state index contributed by atoms with van der Waals surface area (Å²) in [5.74, 6) is -0.553. The molecule has 2 N–H and O–H groups in total. The maximum atomic E-state index is 11.8. The molecule has 0 heterocycles. The average molecular weight is 319 g/mol. The number of anilines is 1. The molecule has 2 rings (SSSR count). The Bertz CT molecular complexity index is 777. The highest BCUT2D eigenvalue weighted by atomic mass is 16.2. The van der Waals surface area contributed by atoms with Gasteiger partial charge in [-0.05, 0) is 29.3 Å². The Labute approximate surface area is 140 Å². The maximum Gasteiger partial charge on any atom is 0.244 e. The lowest BCUT2D eigenvalue weighted by Gasteiger charge is -2.07. The molecule has 0 aliphatic carbocycles. The first kappa shape index (κ1) is 17.0. The molecule has 120 valence electrons. The maximum absolute atomic E-state index is 11.8. The van der Waals surface area contributed by atoms with Crippen molar-refractivity contribution in [2.45, 2.75) is 13.0 Å². The molecule has 5 heteroatoms. The van der Waals surface area contributed by atoms with E-state index in [0.717, 1.165) is 11.1 Å². The van der Waals surface area contributed by atoms with Crippen LogP contribution in [0.3, 0.4) is 0 Å². The molecule has 0 aliphatic rings. The monoisotopic (exact) mass is 319 g/mol. The van der Waals surface area contributed by atoms with Crippen molar-refractivity contribution in [3.63, 3.8) is 0 Å². The number of hydrogen-bond donors (Lipinski definition) is 2. The van der Waals surface area contributed by atoms with Crippen molar-refractivity contribution in [3.8, 4) is 6.07 Å². The van der Waals surface area contributed by atoms with Gasteiger partial charge in [-0.3, -0.25) is 9.59 Å². The molecule has 0 spiro atoms. The summed E-state index contributed by atoms with van der Waals surface area (Å²) >= 11 is 0. The van der Waals surface area contributed by atoms with E-state index in [1.165, 1.54) is 6.08 Å². The van der Waals surface area contributed by atoms with Gasteiger partial charge in [-0.15, -0.1) is 0 Å². The minimum absolute atomic E-state index is 0.189. The van der Waals surface area contributed by atoms with Crippen LogP contribution in [0.4, 0.5) is 5.69 Å². The van der Waals surface area contributed by atoms with E-state index >= 15 is 0 Å². The first-order chi connectivity index (χ1) is 11.7. The Hall–Kier alpha value is -3.39. The van der Waals surface area contributed by atoms with Crippen LogP contribution in [0, 0.1) is 11.3 Å². The third-order valence-corrected chi connectivity index (χ3v) is 3.14. The summed E-state index contributed by atoms with van der Waals surface area (Å²) in [6.07, 6.45) is 3.03. The zero-order valence-electron chi connectivity index (χ0n) is 13.0. The molecule has 0 fully saturated rings. The summed E-state index contributed by atoms with van der Waals surface area (Å²) in [6, 6.07) is 18.5. The van der Waals surface area contributed by atoms with E-state index in [2.05, 4.69) is 10.6 Å². The second-order valence-electron chi connectivity index (χ2n) is 5.05. The number of nitrogens with one attached hydrogen (secondary N) is 2. The van der Waals surface area contributed by atoms with Gasteiger partial charge in [0.05, 0.1) is 6.07 Å². The van der Waals surface area contributed by atoms with Crippen molar-refractivity contribution in [1.29, 1.82) is 5.26 Å². The van der Waals surface area contributed by atoms with E-state index < -0.39 is 0 Å². The van der Waals surface area contributed by atoms with Crippen molar-refractivity contribution in [1.82, 2.24) is 5.32 Å². The molecular formula is C19H17N3O2. The predicted octanol–water partition coefficient (Wildman–Crippen LogP) is 2.87. The molecule has 0 radical (unpaired) electrons. The number of carbonyl (C=O) groups is 2. The molecule has 0 aliphatic heterocycles. The number of carbonyl (C=O) groups excluding carboxylic acids is 2. The van der Waals surface area contributed by atoms with Crippen LogP contribution in [-0.2, 0) is 16.1 Å². The number of benzene rings is 2. The molecule has 2 amide bonds. The van der Waals surface area contributed by atoms with Crippen molar-refractivity contribution >= 4 is 23.6 Å². The van der Waals surface area contributed by atoms with E-state index in [4.69, 9.17) is 5.26 Å². The van der Waals surface area contributed by atoms with Crippen LogP contribution in [0.2, 0.25) is 0 Å². The first-order valence-corrected chi connectivity index (χ1v) is 7.44. The topological polar surface area (TPSA) is 82.0 Å². The molecular weight excluding hydrogens is 302 g/mol. The molecule has 0 aromatic heterocycles. The first-order valence-electron chi connectivity index (χ1n) is 7.44. The Balaban J connectivity index is 1.87. The fourth-order valence-electron chi connectivity index (χ4n) is 2.02. The Morgan fingerprint density at radius 2 is 1.88 bits per heavy atom. The van der Waals surface area contributed by atoms with Crippen molar-refractivity contribution in [2.24, 2.45) is 0 Å². The van der Waals surface area contributed by atoms with Gasteiger partial charge in [-0.2, -0.15) is 5.26 Å².